The van der Waals surface area contributed by atoms with Crippen LogP contribution < -0.4 is 10.6 Å². The Morgan fingerprint density at radius 1 is 1.00 bits per heavy atom. The Hall–Kier alpha value is -3.06. The molecule has 126 valence electrons. The first-order valence-corrected chi connectivity index (χ1v) is 8.29. The van der Waals surface area contributed by atoms with Gasteiger partial charge < -0.3 is 5.32 Å². The summed E-state index contributed by atoms with van der Waals surface area (Å²) in [4.78, 5) is 28.2. The van der Waals surface area contributed by atoms with Crippen molar-refractivity contribution in [2.45, 2.75) is 6.92 Å². The number of aromatic nitrogens is 1. The number of aryl methyl sites for hydroxylation is 1. The highest BCUT2D eigenvalue weighted by Gasteiger charge is 2.10. The summed E-state index contributed by atoms with van der Waals surface area (Å²) in [5, 5.41) is 7.63. The summed E-state index contributed by atoms with van der Waals surface area (Å²) in [6.07, 6.45) is 1.60. The van der Waals surface area contributed by atoms with Gasteiger partial charge in [0.05, 0.1) is 0 Å². The van der Waals surface area contributed by atoms with Crippen molar-refractivity contribution in [1.82, 2.24) is 4.98 Å². The Morgan fingerprint density at radius 3 is 2.32 bits per heavy atom. The lowest BCUT2D eigenvalue weighted by Crippen LogP contribution is -2.14. The van der Waals surface area contributed by atoms with Gasteiger partial charge in [-0.15, -0.1) is 11.3 Å². The van der Waals surface area contributed by atoms with E-state index < -0.39 is 11.7 Å². The van der Waals surface area contributed by atoms with E-state index in [2.05, 4.69) is 15.6 Å². The number of hydrogen-bond donors (Lipinski definition) is 2. The summed E-state index contributed by atoms with van der Waals surface area (Å²) in [6, 6.07) is 10.7. The van der Waals surface area contributed by atoms with E-state index in [-0.39, 0.29) is 11.5 Å². The molecule has 0 radical (unpaired) electrons. The number of amides is 2. The van der Waals surface area contributed by atoms with Crippen molar-refractivity contribution in [1.29, 1.82) is 0 Å². The van der Waals surface area contributed by atoms with Crippen LogP contribution in [-0.4, -0.2) is 16.8 Å². The minimum atomic E-state index is -0.429. The zero-order valence-corrected chi connectivity index (χ0v) is 14.1. The number of benzene rings is 2. The van der Waals surface area contributed by atoms with Crippen molar-refractivity contribution < 1.29 is 14.0 Å². The number of carbonyl (C=O) groups is 2. The van der Waals surface area contributed by atoms with Gasteiger partial charge in [0.15, 0.2) is 5.13 Å². The number of anilines is 2. The summed E-state index contributed by atoms with van der Waals surface area (Å²) in [6.45, 7) is 1.63. The Labute approximate surface area is 147 Å². The number of rotatable bonds is 4. The number of nitrogens with one attached hydrogen (secondary N) is 2. The van der Waals surface area contributed by atoms with Crippen molar-refractivity contribution in [2.24, 2.45) is 0 Å². The molecule has 0 saturated heterocycles. The number of halogens is 1. The van der Waals surface area contributed by atoms with E-state index in [0.717, 1.165) is 0 Å². The Balaban J connectivity index is 1.66. The molecule has 0 saturated carbocycles. The topological polar surface area (TPSA) is 71.1 Å². The summed E-state index contributed by atoms with van der Waals surface area (Å²) >= 11 is 1.33. The van der Waals surface area contributed by atoms with E-state index in [4.69, 9.17) is 0 Å². The lowest BCUT2D eigenvalue weighted by Gasteiger charge is -2.07. The summed E-state index contributed by atoms with van der Waals surface area (Å²) < 4.78 is 13.5. The van der Waals surface area contributed by atoms with Gasteiger partial charge in [-0.2, -0.15) is 0 Å². The van der Waals surface area contributed by atoms with Crippen LogP contribution in [0.5, 0.6) is 0 Å². The lowest BCUT2D eigenvalue weighted by atomic mass is 10.1. The largest absolute Gasteiger partial charge is 0.322 e. The van der Waals surface area contributed by atoms with Gasteiger partial charge in [-0.3, -0.25) is 14.9 Å². The minimum Gasteiger partial charge on any atom is -0.322 e. The van der Waals surface area contributed by atoms with Crippen LogP contribution in [0.25, 0.3) is 0 Å². The second-order valence-electron chi connectivity index (χ2n) is 5.29. The number of carbonyl (C=O) groups excluding carboxylic acids is 2. The van der Waals surface area contributed by atoms with Crippen molar-refractivity contribution in [3.05, 3.63) is 76.5 Å². The van der Waals surface area contributed by atoms with Gasteiger partial charge in [-0.05, 0) is 48.9 Å². The molecule has 1 heterocycles. The van der Waals surface area contributed by atoms with Crippen LogP contribution in [0.15, 0.2) is 54.0 Å². The maximum Gasteiger partial charge on any atom is 0.257 e. The molecule has 1 aromatic heterocycles. The molecule has 3 rings (SSSR count). The van der Waals surface area contributed by atoms with E-state index >= 15 is 0 Å². The Morgan fingerprint density at radius 2 is 1.68 bits per heavy atom. The molecule has 0 atom stereocenters. The Kier molecular flexibility index (Phi) is 4.85. The van der Waals surface area contributed by atoms with E-state index in [1.165, 1.54) is 17.4 Å². The molecular weight excluding hydrogens is 341 g/mol. The highest BCUT2D eigenvalue weighted by atomic mass is 32.1. The van der Waals surface area contributed by atoms with E-state index in [0.29, 0.717) is 21.9 Å². The molecule has 0 spiro atoms. The van der Waals surface area contributed by atoms with Crippen LogP contribution in [-0.2, 0) is 0 Å². The van der Waals surface area contributed by atoms with Gasteiger partial charge in [0.1, 0.15) is 5.82 Å². The van der Waals surface area contributed by atoms with Crippen LogP contribution in [0.2, 0.25) is 0 Å². The van der Waals surface area contributed by atoms with Gasteiger partial charge in [0.2, 0.25) is 0 Å². The monoisotopic (exact) mass is 355 g/mol. The number of thiazole rings is 1. The highest BCUT2D eigenvalue weighted by molar-refractivity contribution is 7.13. The zero-order valence-electron chi connectivity index (χ0n) is 13.2. The van der Waals surface area contributed by atoms with Crippen LogP contribution in [0.4, 0.5) is 15.2 Å². The highest BCUT2D eigenvalue weighted by Crippen LogP contribution is 2.16. The molecule has 3 aromatic rings. The summed E-state index contributed by atoms with van der Waals surface area (Å²) in [7, 11) is 0. The molecule has 0 aliphatic heterocycles. The van der Waals surface area contributed by atoms with Crippen molar-refractivity contribution in [3.63, 3.8) is 0 Å². The second kappa shape index (κ2) is 7.23. The van der Waals surface area contributed by atoms with Gasteiger partial charge >= 0.3 is 0 Å². The first kappa shape index (κ1) is 16.8. The number of nitrogens with zero attached hydrogens (tertiary/aromatic N) is 1. The second-order valence-corrected chi connectivity index (χ2v) is 6.18. The molecule has 2 aromatic carbocycles. The van der Waals surface area contributed by atoms with Crippen molar-refractivity contribution in [2.75, 3.05) is 10.6 Å². The molecule has 2 amide bonds. The third kappa shape index (κ3) is 4.07. The normalized spacial score (nSPS) is 10.3. The maximum atomic E-state index is 13.5. The van der Waals surface area contributed by atoms with Gasteiger partial charge in [0.25, 0.3) is 11.8 Å². The first-order chi connectivity index (χ1) is 12.0. The molecule has 0 bridgehead atoms. The third-order valence-corrected chi connectivity index (χ3v) is 4.18. The predicted octanol–water partition coefficient (Wildman–Crippen LogP) is 4.10. The molecular formula is C18H14FN3O2S. The maximum absolute atomic E-state index is 13.5. The molecule has 2 N–H and O–H groups in total. The van der Waals surface area contributed by atoms with Gasteiger partial charge in [-0.25, -0.2) is 9.37 Å². The van der Waals surface area contributed by atoms with Gasteiger partial charge in [0, 0.05) is 28.4 Å². The zero-order chi connectivity index (χ0) is 17.8. The molecule has 0 aliphatic carbocycles. The molecule has 0 aliphatic rings. The molecule has 7 heteroatoms. The van der Waals surface area contributed by atoms with Crippen molar-refractivity contribution in [3.8, 4) is 0 Å². The lowest BCUT2D eigenvalue weighted by molar-refractivity contribution is 0.101. The quantitative estimate of drug-likeness (QED) is 0.740. The fourth-order valence-corrected chi connectivity index (χ4v) is 2.62. The first-order valence-electron chi connectivity index (χ1n) is 7.41. The van der Waals surface area contributed by atoms with Crippen LogP contribution in [0.1, 0.15) is 26.3 Å². The van der Waals surface area contributed by atoms with Crippen LogP contribution in [0, 0.1) is 12.7 Å². The average Bonchev–Trinajstić information content (AvgIpc) is 3.11. The molecule has 5 nitrogen and oxygen atoms in total. The molecule has 0 fully saturated rings. The third-order valence-electron chi connectivity index (χ3n) is 3.49. The fraction of sp³-hybridized carbons (Fsp3) is 0.0556. The average molecular weight is 355 g/mol. The van der Waals surface area contributed by atoms with Gasteiger partial charge in [-0.1, -0.05) is 6.07 Å². The standard InChI is InChI=1S/C18H14FN3O2S/c1-11-2-3-13(10-15(11)19)17(24)21-14-6-4-12(5-7-14)16(23)22-18-20-8-9-25-18/h2-10H,1H3,(H,21,24)(H,20,22,23). The minimum absolute atomic E-state index is 0.230. The molecule has 0 unspecified atom stereocenters. The summed E-state index contributed by atoms with van der Waals surface area (Å²) in [5.74, 6) is -1.13. The smallest absolute Gasteiger partial charge is 0.257 e. The van der Waals surface area contributed by atoms with Crippen LogP contribution >= 0.6 is 11.3 Å². The molecule has 25 heavy (non-hydrogen) atoms. The fourth-order valence-electron chi connectivity index (χ4n) is 2.10. The SMILES string of the molecule is Cc1ccc(C(=O)Nc2ccc(C(=O)Nc3nccs3)cc2)cc1F. The van der Waals surface area contributed by atoms with E-state index in [1.807, 2.05) is 0 Å². The summed E-state index contributed by atoms with van der Waals surface area (Å²) in [5.41, 5.74) is 1.66. The van der Waals surface area contributed by atoms with E-state index in [9.17, 15) is 14.0 Å². The van der Waals surface area contributed by atoms with E-state index in [1.54, 1.807) is 54.9 Å². The number of hydrogen-bond acceptors (Lipinski definition) is 4. The predicted molar refractivity (Wildman–Crippen MR) is 95.6 cm³/mol. The van der Waals surface area contributed by atoms with Crippen LogP contribution in [0.3, 0.4) is 0 Å². The Bertz CT molecular complexity index is 909. The van der Waals surface area contributed by atoms with Crippen molar-refractivity contribution >= 4 is 34.0 Å².